The summed E-state index contributed by atoms with van der Waals surface area (Å²) >= 11 is 0. The lowest BCUT2D eigenvalue weighted by atomic mass is 10.1. The number of hydrogen-bond acceptors (Lipinski definition) is 7. The third kappa shape index (κ3) is 6.44. The van der Waals surface area contributed by atoms with E-state index in [0.29, 0.717) is 35.9 Å². The summed E-state index contributed by atoms with van der Waals surface area (Å²) < 4.78 is 10.6. The lowest BCUT2D eigenvalue weighted by Gasteiger charge is -2.31. The molecule has 1 N–H and O–H groups in total. The molecule has 1 aliphatic carbocycles. The van der Waals surface area contributed by atoms with Gasteiger partial charge in [-0.2, -0.15) is 4.80 Å². The van der Waals surface area contributed by atoms with Gasteiger partial charge in [0, 0.05) is 18.2 Å². The Balaban J connectivity index is 1.53. The maximum Gasteiger partial charge on any atom is 0.247 e. The summed E-state index contributed by atoms with van der Waals surface area (Å²) in [7, 11) is 3.12. The van der Waals surface area contributed by atoms with Crippen molar-refractivity contribution < 1.29 is 19.1 Å². The van der Waals surface area contributed by atoms with Crippen LogP contribution < -0.4 is 14.8 Å². The summed E-state index contributed by atoms with van der Waals surface area (Å²) in [6.45, 7) is 2.10. The van der Waals surface area contributed by atoms with Crippen molar-refractivity contribution in [3.63, 3.8) is 0 Å². The van der Waals surface area contributed by atoms with Crippen LogP contribution in [0.1, 0.15) is 44.6 Å². The molecule has 0 bridgehead atoms. The number of rotatable bonds is 11. The van der Waals surface area contributed by atoms with E-state index in [0.717, 1.165) is 31.2 Å². The SMILES string of the molecule is CCC(C(=O)NC1CCCC1)N(Cc1ccccc1)C(=O)Cn1nnc(-c2ccc(OC)c(OC)c2)n1. The molecule has 0 spiro atoms. The molecule has 1 aliphatic rings. The zero-order valence-corrected chi connectivity index (χ0v) is 21.6. The number of aromatic nitrogens is 4. The van der Waals surface area contributed by atoms with Gasteiger partial charge >= 0.3 is 0 Å². The van der Waals surface area contributed by atoms with Crippen LogP contribution in [0.2, 0.25) is 0 Å². The molecule has 10 heteroatoms. The number of benzene rings is 2. The number of tetrazole rings is 1. The minimum Gasteiger partial charge on any atom is -0.493 e. The fourth-order valence-electron chi connectivity index (χ4n) is 4.68. The molecule has 196 valence electrons. The van der Waals surface area contributed by atoms with Crippen LogP contribution in [-0.2, 0) is 22.7 Å². The van der Waals surface area contributed by atoms with Crippen molar-refractivity contribution in [3.05, 3.63) is 54.1 Å². The van der Waals surface area contributed by atoms with Crippen molar-refractivity contribution in [1.29, 1.82) is 0 Å². The summed E-state index contributed by atoms with van der Waals surface area (Å²) in [5.41, 5.74) is 1.63. The summed E-state index contributed by atoms with van der Waals surface area (Å²) in [6.07, 6.45) is 4.70. The molecule has 37 heavy (non-hydrogen) atoms. The third-order valence-electron chi connectivity index (χ3n) is 6.65. The van der Waals surface area contributed by atoms with Crippen molar-refractivity contribution in [3.8, 4) is 22.9 Å². The van der Waals surface area contributed by atoms with Gasteiger partial charge < -0.3 is 19.7 Å². The Morgan fingerprint density at radius 1 is 1.08 bits per heavy atom. The standard InChI is InChI=1S/C27H34N6O4/c1-4-22(27(35)28-21-12-8-9-13-21)32(17-19-10-6-5-7-11-19)25(34)18-33-30-26(29-31-33)20-14-15-23(36-2)24(16-20)37-3/h5-7,10-11,14-16,21-22H,4,8-9,12-13,17-18H2,1-3H3,(H,28,35). The van der Waals surface area contributed by atoms with Crippen molar-refractivity contribution in [2.24, 2.45) is 0 Å². The first-order valence-electron chi connectivity index (χ1n) is 12.7. The first kappa shape index (κ1) is 26.1. The number of nitrogens with zero attached hydrogens (tertiary/aromatic N) is 5. The Morgan fingerprint density at radius 3 is 2.49 bits per heavy atom. The molecule has 2 aromatic carbocycles. The Bertz CT molecular complexity index is 1190. The molecule has 0 aliphatic heterocycles. The van der Waals surface area contributed by atoms with Gasteiger partial charge in [0.25, 0.3) is 0 Å². The number of ether oxygens (including phenoxy) is 2. The highest BCUT2D eigenvalue weighted by Crippen LogP contribution is 2.30. The number of nitrogens with one attached hydrogen (secondary N) is 1. The molecule has 3 aromatic rings. The van der Waals surface area contributed by atoms with E-state index in [1.165, 1.54) is 4.80 Å². The minimum absolute atomic E-state index is 0.115. The first-order valence-corrected chi connectivity index (χ1v) is 12.7. The van der Waals surface area contributed by atoms with Gasteiger partial charge in [-0.05, 0) is 48.2 Å². The van der Waals surface area contributed by atoms with Crippen molar-refractivity contribution in [1.82, 2.24) is 30.4 Å². The lowest BCUT2D eigenvalue weighted by molar-refractivity contribution is -0.142. The second-order valence-corrected chi connectivity index (χ2v) is 9.13. The van der Waals surface area contributed by atoms with E-state index >= 15 is 0 Å². The molecule has 10 nitrogen and oxygen atoms in total. The summed E-state index contributed by atoms with van der Waals surface area (Å²) in [4.78, 5) is 29.7. The molecule has 1 saturated carbocycles. The number of amides is 2. The summed E-state index contributed by atoms with van der Waals surface area (Å²) in [5, 5.41) is 15.8. The van der Waals surface area contributed by atoms with Crippen LogP contribution in [0.15, 0.2) is 48.5 Å². The van der Waals surface area contributed by atoms with Gasteiger partial charge in [-0.1, -0.05) is 50.1 Å². The van der Waals surface area contributed by atoms with Gasteiger partial charge in [-0.25, -0.2) is 0 Å². The fourth-order valence-corrected chi connectivity index (χ4v) is 4.68. The number of carbonyl (C=O) groups is 2. The van der Waals surface area contributed by atoms with E-state index in [4.69, 9.17) is 9.47 Å². The van der Waals surface area contributed by atoms with Crippen LogP contribution in [0.4, 0.5) is 0 Å². The zero-order valence-electron chi connectivity index (χ0n) is 21.6. The van der Waals surface area contributed by atoms with Gasteiger partial charge in [-0.3, -0.25) is 9.59 Å². The predicted octanol–water partition coefficient (Wildman–Crippen LogP) is 3.22. The Hall–Kier alpha value is -3.95. The summed E-state index contributed by atoms with van der Waals surface area (Å²) in [6, 6.07) is 14.6. The lowest BCUT2D eigenvalue weighted by Crippen LogP contribution is -2.51. The molecule has 1 aromatic heterocycles. The van der Waals surface area contributed by atoms with Crippen LogP contribution in [0, 0.1) is 0 Å². The molecule has 1 unspecified atom stereocenters. The van der Waals surface area contributed by atoms with Gasteiger partial charge in [-0.15, -0.1) is 10.2 Å². The molecular weight excluding hydrogens is 472 g/mol. The van der Waals surface area contributed by atoms with E-state index < -0.39 is 6.04 Å². The van der Waals surface area contributed by atoms with Crippen LogP contribution in [0.25, 0.3) is 11.4 Å². The zero-order chi connectivity index (χ0) is 26.2. The molecule has 1 fully saturated rings. The van der Waals surface area contributed by atoms with Gasteiger partial charge in [0.1, 0.15) is 12.6 Å². The molecule has 2 amide bonds. The Morgan fingerprint density at radius 2 is 1.81 bits per heavy atom. The van der Waals surface area contributed by atoms with E-state index in [1.54, 1.807) is 37.3 Å². The smallest absolute Gasteiger partial charge is 0.247 e. The number of carbonyl (C=O) groups excluding carboxylic acids is 2. The van der Waals surface area contributed by atoms with Crippen LogP contribution in [0.5, 0.6) is 11.5 Å². The molecule has 0 saturated heterocycles. The van der Waals surface area contributed by atoms with Crippen LogP contribution >= 0.6 is 0 Å². The van der Waals surface area contributed by atoms with Gasteiger partial charge in [0.15, 0.2) is 11.5 Å². The first-order chi connectivity index (χ1) is 18.0. The maximum atomic E-state index is 13.6. The quantitative estimate of drug-likeness (QED) is 0.425. The Kier molecular flexibility index (Phi) is 8.71. The van der Waals surface area contributed by atoms with Crippen LogP contribution in [0.3, 0.4) is 0 Å². The highest BCUT2D eigenvalue weighted by atomic mass is 16.5. The third-order valence-corrected chi connectivity index (χ3v) is 6.65. The highest BCUT2D eigenvalue weighted by Gasteiger charge is 2.31. The summed E-state index contributed by atoms with van der Waals surface area (Å²) in [5.74, 6) is 1.12. The van der Waals surface area contributed by atoms with E-state index in [-0.39, 0.29) is 24.4 Å². The predicted molar refractivity (Wildman–Crippen MR) is 138 cm³/mol. The monoisotopic (exact) mass is 506 g/mol. The van der Waals surface area contributed by atoms with Crippen molar-refractivity contribution in [2.75, 3.05) is 14.2 Å². The van der Waals surface area contributed by atoms with E-state index in [1.807, 2.05) is 37.3 Å². The van der Waals surface area contributed by atoms with Gasteiger partial charge in [0.05, 0.1) is 14.2 Å². The molecule has 4 rings (SSSR count). The number of methoxy groups -OCH3 is 2. The topological polar surface area (TPSA) is 111 Å². The van der Waals surface area contributed by atoms with Gasteiger partial charge in [0.2, 0.25) is 17.6 Å². The molecule has 1 atom stereocenters. The van der Waals surface area contributed by atoms with Crippen molar-refractivity contribution >= 4 is 11.8 Å². The normalized spacial score (nSPS) is 14.2. The van der Waals surface area contributed by atoms with Crippen LogP contribution in [-0.4, -0.2) is 63.2 Å². The second-order valence-electron chi connectivity index (χ2n) is 9.13. The Labute approximate surface area is 216 Å². The fraction of sp³-hybridized carbons (Fsp3) is 0.444. The molecule has 1 heterocycles. The van der Waals surface area contributed by atoms with Crippen molar-refractivity contribution in [2.45, 2.75) is 64.2 Å². The second kappa shape index (κ2) is 12.3. The molecule has 0 radical (unpaired) electrons. The maximum absolute atomic E-state index is 13.6. The largest absolute Gasteiger partial charge is 0.493 e. The highest BCUT2D eigenvalue weighted by molar-refractivity contribution is 5.87. The average molecular weight is 507 g/mol. The average Bonchev–Trinajstić information content (AvgIpc) is 3.61. The van der Waals surface area contributed by atoms with E-state index in [9.17, 15) is 9.59 Å². The van der Waals surface area contributed by atoms with E-state index in [2.05, 4.69) is 20.7 Å². The number of hydrogen-bond donors (Lipinski definition) is 1. The minimum atomic E-state index is -0.595. The molecular formula is C27H34N6O4.